The molecule has 4 atom stereocenters. The largest absolute Gasteiger partial charge is 0.339 e. The topological polar surface area (TPSA) is 55.1 Å². The number of likely N-dealkylation sites (N-methyl/N-ethyl adjacent to an activating group) is 1. The highest BCUT2D eigenvalue weighted by molar-refractivity contribution is 6.30. The first kappa shape index (κ1) is 16.9. The Balaban J connectivity index is 1.54. The Hall–Kier alpha value is -2.24. The van der Waals surface area contributed by atoms with E-state index in [4.69, 9.17) is 21.1 Å². The molecular formula is C21H21ClN4O. The van der Waals surface area contributed by atoms with E-state index in [9.17, 15) is 0 Å². The standard InChI is InChI=1S/C21H21ClN4O/c1-26-16-8-9-18(26)19(17(11-16)13-4-6-15(22)7-5-13)21-24-20(25-27-21)14-3-2-10-23-12-14/h2-7,10,12,16-19H,8-9,11H2,1H3/t16?,17-,18-,19-/m1/s1. The first-order valence-corrected chi connectivity index (χ1v) is 9.80. The number of nitrogens with zero attached hydrogens (tertiary/aromatic N) is 4. The van der Waals surface area contributed by atoms with Crippen LogP contribution in [0.1, 0.15) is 42.6 Å². The number of rotatable bonds is 3. The van der Waals surface area contributed by atoms with Gasteiger partial charge >= 0.3 is 0 Å². The Bertz CT molecular complexity index is 927. The van der Waals surface area contributed by atoms with E-state index in [1.165, 1.54) is 18.4 Å². The second-order valence-corrected chi connectivity index (χ2v) is 8.02. The Morgan fingerprint density at radius 3 is 2.78 bits per heavy atom. The molecule has 6 heteroatoms. The van der Waals surface area contributed by atoms with Crippen molar-refractivity contribution in [2.75, 3.05) is 7.05 Å². The summed E-state index contributed by atoms with van der Waals surface area (Å²) in [5, 5.41) is 5.01. The zero-order chi connectivity index (χ0) is 18.4. The van der Waals surface area contributed by atoms with Crippen molar-refractivity contribution in [1.82, 2.24) is 20.0 Å². The van der Waals surface area contributed by atoms with Crippen molar-refractivity contribution < 1.29 is 4.52 Å². The average Bonchev–Trinajstić information content (AvgIpc) is 3.26. The highest BCUT2D eigenvalue weighted by atomic mass is 35.5. The molecule has 0 spiro atoms. The van der Waals surface area contributed by atoms with Gasteiger partial charge in [-0.1, -0.05) is 28.9 Å². The molecule has 0 saturated carbocycles. The molecule has 138 valence electrons. The molecule has 4 heterocycles. The second-order valence-electron chi connectivity index (χ2n) is 7.58. The molecule has 0 N–H and O–H groups in total. The number of pyridine rings is 1. The van der Waals surface area contributed by atoms with Gasteiger partial charge in [-0.3, -0.25) is 9.88 Å². The fourth-order valence-electron chi connectivity index (χ4n) is 4.84. The fraction of sp³-hybridized carbons (Fsp3) is 0.381. The molecule has 0 amide bonds. The number of hydrogen-bond donors (Lipinski definition) is 0. The van der Waals surface area contributed by atoms with Crippen molar-refractivity contribution in [2.45, 2.75) is 43.2 Å². The number of piperidine rings is 1. The summed E-state index contributed by atoms with van der Waals surface area (Å²) in [6.45, 7) is 0. The molecule has 3 aromatic rings. The van der Waals surface area contributed by atoms with Crippen molar-refractivity contribution in [1.29, 1.82) is 0 Å². The molecule has 2 saturated heterocycles. The summed E-state index contributed by atoms with van der Waals surface area (Å²) in [5.41, 5.74) is 2.18. The summed E-state index contributed by atoms with van der Waals surface area (Å²) >= 11 is 6.11. The molecule has 0 radical (unpaired) electrons. The van der Waals surface area contributed by atoms with Crippen molar-refractivity contribution in [3.63, 3.8) is 0 Å². The maximum Gasteiger partial charge on any atom is 0.232 e. The van der Waals surface area contributed by atoms with Gasteiger partial charge in [0.05, 0.1) is 5.92 Å². The van der Waals surface area contributed by atoms with Crippen LogP contribution < -0.4 is 0 Å². The Morgan fingerprint density at radius 2 is 2.00 bits per heavy atom. The van der Waals surface area contributed by atoms with Crippen molar-refractivity contribution >= 4 is 11.6 Å². The minimum absolute atomic E-state index is 0.188. The maximum atomic E-state index is 6.11. The van der Waals surface area contributed by atoms with E-state index >= 15 is 0 Å². The highest BCUT2D eigenvalue weighted by Gasteiger charge is 2.48. The van der Waals surface area contributed by atoms with Gasteiger partial charge in [0.15, 0.2) is 0 Å². The van der Waals surface area contributed by atoms with Crippen LogP contribution in [0.25, 0.3) is 11.4 Å². The van der Waals surface area contributed by atoms with E-state index in [1.807, 2.05) is 24.3 Å². The molecule has 2 fully saturated rings. The quantitative estimate of drug-likeness (QED) is 0.668. The molecule has 0 aliphatic carbocycles. The minimum Gasteiger partial charge on any atom is -0.339 e. The Labute approximate surface area is 163 Å². The Morgan fingerprint density at radius 1 is 1.15 bits per heavy atom. The molecule has 2 bridgehead atoms. The van der Waals surface area contributed by atoms with Crippen LogP contribution in [0.3, 0.4) is 0 Å². The van der Waals surface area contributed by atoms with Crippen LogP contribution in [0, 0.1) is 0 Å². The molecule has 1 unspecified atom stereocenters. The third-order valence-electron chi connectivity index (χ3n) is 6.21. The number of fused-ring (bicyclic) bond motifs is 2. The molecule has 2 aliphatic rings. The lowest BCUT2D eigenvalue weighted by atomic mass is 9.76. The first-order chi connectivity index (χ1) is 13.2. The molecule has 1 aromatic carbocycles. The third kappa shape index (κ3) is 2.95. The van der Waals surface area contributed by atoms with E-state index in [-0.39, 0.29) is 5.92 Å². The molecule has 27 heavy (non-hydrogen) atoms. The summed E-state index contributed by atoms with van der Waals surface area (Å²) in [6, 6.07) is 13.1. The van der Waals surface area contributed by atoms with E-state index in [1.54, 1.807) is 12.4 Å². The number of aromatic nitrogens is 3. The first-order valence-electron chi connectivity index (χ1n) is 9.42. The van der Waals surface area contributed by atoms with Crippen LogP contribution in [0.15, 0.2) is 53.3 Å². The lowest BCUT2D eigenvalue weighted by molar-refractivity contribution is 0.120. The van der Waals surface area contributed by atoms with Crippen LogP contribution in [-0.4, -0.2) is 39.2 Å². The predicted octanol–water partition coefficient (Wildman–Crippen LogP) is 4.52. The van der Waals surface area contributed by atoms with E-state index in [0.717, 1.165) is 22.9 Å². The summed E-state index contributed by atoms with van der Waals surface area (Å²) in [4.78, 5) is 11.4. The minimum atomic E-state index is 0.188. The normalized spacial score (nSPS) is 27.8. The summed E-state index contributed by atoms with van der Waals surface area (Å²) in [6.07, 6.45) is 7.01. The zero-order valence-electron chi connectivity index (χ0n) is 15.1. The van der Waals surface area contributed by atoms with E-state index in [0.29, 0.717) is 23.8 Å². The van der Waals surface area contributed by atoms with Gasteiger partial charge < -0.3 is 4.52 Å². The van der Waals surface area contributed by atoms with Gasteiger partial charge in [-0.15, -0.1) is 0 Å². The Kier molecular flexibility index (Phi) is 4.21. The van der Waals surface area contributed by atoms with Gasteiger partial charge in [-0.2, -0.15) is 4.98 Å². The van der Waals surface area contributed by atoms with Gasteiger partial charge in [0, 0.05) is 35.1 Å². The molecular weight excluding hydrogens is 360 g/mol. The lowest BCUT2D eigenvalue weighted by Gasteiger charge is -2.41. The summed E-state index contributed by atoms with van der Waals surface area (Å²) in [5.74, 6) is 1.88. The van der Waals surface area contributed by atoms with Gasteiger partial charge in [0.1, 0.15) is 0 Å². The van der Waals surface area contributed by atoms with E-state index in [2.05, 4.69) is 34.2 Å². The average molecular weight is 381 g/mol. The predicted molar refractivity (Wildman–Crippen MR) is 104 cm³/mol. The van der Waals surface area contributed by atoms with Crippen LogP contribution in [0.4, 0.5) is 0 Å². The van der Waals surface area contributed by atoms with E-state index < -0.39 is 0 Å². The SMILES string of the molecule is CN1C2CC[C@@H]1[C@H](c1nc(-c3cccnc3)no1)[C@@H](c1ccc(Cl)cc1)C2. The molecule has 2 aromatic heterocycles. The maximum absolute atomic E-state index is 6.11. The highest BCUT2D eigenvalue weighted by Crippen LogP contribution is 2.50. The lowest BCUT2D eigenvalue weighted by Crippen LogP contribution is -2.44. The monoisotopic (exact) mass is 380 g/mol. The van der Waals surface area contributed by atoms with Crippen LogP contribution >= 0.6 is 11.6 Å². The van der Waals surface area contributed by atoms with Crippen molar-refractivity contribution in [2.24, 2.45) is 0 Å². The van der Waals surface area contributed by atoms with Crippen molar-refractivity contribution in [3.05, 3.63) is 65.3 Å². The fourth-order valence-corrected chi connectivity index (χ4v) is 4.97. The van der Waals surface area contributed by atoms with Gasteiger partial charge in [-0.05, 0) is 62.1 Å². The van der Waals surface area contributed by atoms with Crippen molar-refractivity contribution in [3.8, 4) is 11.4 Å². The molecule has 2 aliphatic heterocycles. The smallest absolute Gasteiger partial charge is 0.232 e. The summed E-state index contributed by atoms with van der Waals surface area (Å²) < 4.78 is 5.79. The number of halogens is 1. The van der Waals surface area contributed by atoms with Crippen LogP contribution in [0.2, 0.25) is 5.02 Å². The second kappa shape index (κ2) is 6.73. The number of hydrogen-bond acceptors (Lipinski definition) is 5. The van der Waals surface area contributed by atoms with Crippen LogP contribution in [0.5, 0.6) is 0 Å². The number of benzene rings is 1. The summed E-state index contributed by atoms with van der Waals surface area (Å²) in [7, 11) is 2.23. The third-order valence-corrected chi connectivity index (χ3v) is 6.47. The van der Waals surface area contributed by atoms with Gasteiger partial charge in [0.2, 0.25) is 11.7 Å². The van der Waals surface area contributed by atoms with Gasteiger partial charge in [0.25, 0.3) is 0 Å². The molecule has 5 nitrogen and oxygen atoms in total. The molecule has 5 rings (SSSR count). The van der Waals surface area contributed by atoms with Gasteiger partial charge in [-0.25, -0.2) is 0 Å². The van der Waals surface area contributed by atoms with Crippen LogP contribution in [-0.2, 0) is 0 Å². The zero-order valence-corrected chi connectivity index (χ0v) is 15.9.